The van der Waals surface area contributed by atoms with E-state index in [1.54, 1.807) is 28.4 Å². The monoisotopic (exact) mass is 429 g/mol. The zero-order valence-electron chi connectivity index (χ0n) is 15.1. The minimum Gasteiger partial charge on any atom is -0.308 e. The van der Waals surface area contributed by atoms with Gasteiger partial charge in [-0.2, -0.15) is 0 Å². The number of anilines is 1. The molecule has 1 aromatic carbocycles. The van der Waals surface area contributed by atoms with Gasteiger partial charge in [0, 0.05) is 13.1 Å². The van der Waals surface area contributed by atoms with E-state index in [0.717, 1.165) is 21.9 Å². The Labute approximate surface area is 172 Å². The number of halogens is 2. The van der Waals surface area contributed by atoms with E-state index in [1.807, 2.05) is 14.1 Å². The molecule has 140 valence electrons. The molecule has 2 heterocycles. The SMILES string of the molecule is Cc1cc2nc(N(CCN(C)C)C(=O)c3ccc(Cl)s3)sc2cc1C.Cl. The topological polar surface area (TPSA) is 36.4 Å². The fourth-order valence-electron chi connectivity index (χ4n) is 2.43. The molecule has 3 rings (SSSR count). The predicted octanol–water partition coefficient (Wildman–Crippen LogP) is 5.26. The molecule has 0 bridgehead atoms. The number of aryl methyl sites for hydroxylation is 2. The maximum atomic E-state index is 13.0. The second kappa shape index (κ2) is 8.67. The van der Waals surface area contributed by atoms with Crippen LogP contribution >= 0.6 is 46.7 Å². The average molecular weight is 430 g/mol. The number of amides is 1. The smallest absolute Gasteiger partial charge is 0.270 e. The summed E-state index contributed by atoms with van der Waals surface area (Å²) in [5.74, 6) is -0.0498. The van der Waals surface area contributed by atoms with Gasteiger partial charge in [-0.3, -0.25) is 9.69 Å². The first-order valence-electron chi connectivity index (χ1n) is 7.95. The molecule has 0 atom stereocenters. The molecule has 3 aromatic rings. The molecule has 0 unspecified atom stereocenters. The summed E-state index contributed by atoms with van der Waals surface area (Å²) in [5.41, 5.74) is 3.38. The van der Waals surface area contributed by atoms with Crippen molar-refractivity contribution in [3.05, 3.63) is 44.6 Å². The minimum atomic E-state index is -0.0498. The highest BCUT2D eigenvalue weighted by Gasteiger charge is 2.23. The Balaban J connectivity index is 0.00000243. The van der Waals surface area contributed by atoms with E-state index in [9.17, 15) is 4.79 Å². The lowest BCUT2D eigenvalue weighted by Crippen LogP contribution is -2.36. The van der Waals surface area contributed by atoms with Crippen LogP contribution < -0.4 is 4.90 Å². The number of thiazole rings is 1. The van der Waals surface area contributed by atoms with E-state index in [0.29, 0.717) is 15.8 Å². The maximum absolute atomic E-state index is 13.0. The highest BCUT2D eigenvalue weighted by molar-refractivity contribution is 7.22. The first-order valence-corrected chi connectivity index (χ1v) is 9.96. The van der Waals surface area contributed by atoms with Crippen LogP contribution in [0.3, 0.4) is 0 Å². The van der Waals surface area contributed by atoms with Crippen molar-refractivity contribution in [2.75, 3.05) is 32.1 Å². The molecule has 26 heavy (non-hydrogen) atoms. The van der Waals surface area contributed by atoms with Gasteiger partial charge in [-0.15, -0.1) is 23.7 Å². The second-order valence-corrected chi connectivity index (χ2v) is 8.99. The standard InChI is InChI=1S/C18H20ClN3OS2.ClH/c1-11-9-13-15(10-12(11)2)25-18(20-13)22(8-7-21(3)4)17(23)14-5-6-16(19)24-14;/h5-6,9-10H,7-8H2,1-4H3;1H. The first-order chi connectivity index (χ1) is 11.8. The summed E-state index contributed by atoms with van der Waals surface area (Å²) in [7, 11) is 3.99. The Kier molecular flexibility index (Phi) is 7.05. The Morgan fingerprint density at radius 3 is 2.42 bits per heavy atom. The average Bonchev–Trinajstić information content (AvgIpc) is 3.14. The van der Waals surface area contributed by atoms with Crippen molar-refractivity contribution in [3.8, 4) is 0 Å². The van der Waals surface area contributed by atoms with Crippen LogP contribution in [0.1, 0.15) is 20.8 Å². The molecule has 0 aliphatic rings. The molecule has 2 aromatic heterocycles. The molecule has 1 amide bonds. The molecular weight excluding hydrogens is 409 g/mol. The number of aromatic nitrogens is 1. The van der Waals surface area contributed by atoms with Crippen molar-refractivity contribution in [1.82, 2.24) is 9.88 Å². The second-order valence-electron chi connectivity index (χ2n) is 6.26. The van der Waals surface area contributed by atoms with Gasteiger partial charge in [-0.25, -0.2) is 4.98 Å². The minimum absolute atomic E-state index is 0. The van der Waals surface area contributed by atoms with Crippen molar-refractivity contribution >= 4 is 67.9 Å². The summed E-state index contributed by atoms with van der Waals surface area (Å²) in [6.45, 7) is 5.52. The van der Waals surface area contributed by atoms with Gasteiger partial charge >= 0.3 is 0 Å². The van der Waals surface area contributed by atoms with Crippen LogP contribution in [-0.4, -0.2) is 43.0 Å². The van der Waals surface area contributed by atoms with E-state index < -0.39 is 0 Å². The van der Waals surface area contributed by atoms with Crippen LogP contribution in [0.2, 0.25) is 4.34 Å². The number of fused-ring (bicyclic) bond motifs is 1. The quantitative estimate of drug-likeness (QED) is 0.554. The molecule has 0 aliphatic carbocycles. The van der Waals surface area contributed by atoms with Crippen molar-refractivity contribution in [1.29, 1.82) is 0 Å². The number of hydrogen-bond donors (Lipinski definition) is 0. The maximum Gasteiger partial charge on any atom is 0.270 e. The summed E-state index contributed by atoms with van der Waals surface area (Å²) < 4.78 is 1.72. The first kappa shape index (κ1) is 21.1. The van der Waals surface area contributed by atoms with Crippen LogP contribution in [0.5, 0.6) is 0 Å². The summed E-state index contributed by atoms with van der Waals surface area (Å²) in [6.07, 6.45) is 0. The third kappa shape index (κ3) is 4.56. The van der Waals surface area contributed by atoms with Gasteiger partial charge in [0.1, 0.15) is 0 Å². The third-order valence-corrected chi connectivity index (χ3v) is 6.28. The molecule has 0 fully saturated rings. The predicted molar refractivity (Wildman–Crippen MR) is 116 cm³/mol. The van der Waals surface area contributed by atoms with Gasteiger partial charge < -0.3 is 4.90 Å². The van der Waals surface area contributed by atoms with E-state index >= 15 is 0 Å². The number of likely N-dealkylation sites (N-methyl/N-ethyl adjacent to an activating group) is 1. The summed E-state index contributed by atoms with van der Waals surface area (Å²) in [6, 6.07) is 7.76. The van der Waals surface area contributed by atoms with E-state index in [1.165, 1.54) is 22.5 Å². The highest BCUT2D eigenvalue weighted by Crippen LogP contribution is 2.32. The normalized spacial score (nSPS) is 11.0. The Hall–Kier alpha value is -1.18. The largest absolute Gasteiger partial charge is 0.308 e. The molecule has 0 saturated carbocycles. The Morgan fingerprint density at radius 2 is 1.81 bits per heavy atom. The van der Waals surface area contributed by atoms with Crippen molar-refractivity contribution in [3.63, 3.8) is 0 Å². The molecular formula is C18H21Cl2N3OS2. The van der Waals surface area contributed by atoms with Gasteiger partial charge in [0.05, 0.1) is 19.4 Å². The fraction of sp³-hybridized carbons (Fsp3) is 0.333. The molecule has 0 spiro atoms. The molecule has 8 heteroatoms. The lowest BCUT2D eigenvalue weighted by molar-refractivity contribution is 0.0989. The molecule has 0 saturated heterocycles. The Bertz CT molecular complexity index is 881. The summed E-state index contributed by atoms with van der Waals surface area (Å²) in [5, 5.41) is 0.733. The highest BCUT2D eigenvalue weighted by atomic mass is 35.5. The molecule has 0 radical (unpaired) electrons. The van der Waals surface area contributed by atoms with E-state index in [4.69, 9.17) is 16.6 Å². The van der Waals surface area contributed by atoms with Crippen LogP contribution in [0, 0.1) is 13.8 Å². The number of rotatable bonds is 5. The zero-order chi connectivity index (χ0) is 18.1. The van der Waals surface area contributed by atoms with Crippen molar-refractivity contribution in [2.24, 2.45) is 0 Å². The van der Waals surface area contributed by atoms with Crippen LogP contribution in [0.4, 0.5) is 5.13 Å². The number of carbonyl (C=O) groups is 1. The zero-order valence-corrected chi connectivity index (χ0v) is 18.3. The Morgan fingerprint density at radius 1 is 1.12 bits per heavy atom. The van der Waals surface area contributed by atoms with Gasteiger partial charge in [-0.1, -0.05) is 22.9 Å². The number of carbonyl (C=O) groups excluding carboxylic acids is 1. The van der Waals surface area contributed by atoms with Crippen LogP contribution in [0.15, 0.2) is 24.3 Å². The number of nitrogens with zero attached hydrogens (tertiary/aromatic N) is 3. The van der Waals surface area contributed by atoms with Crippen LogP contribution in [0.25, 0.3) is 10.2 Å². The van der Waals surface area contributed by atoms with Crippen molar-refractivity contribution in [2.45, 2.75) is 13.8 Å². The third-order valence-electron chi connectivity index (χ3n) is 4.02. The molecule has 0 aliphatic heterocycles. The van der Waals surface area contributed by atoms with Crippen molar-refractivity contribution < 1.29 is 4.79 Å². The van der Waals surface area contributed by atoms with Gasteiger partial charge in [-0.05, 0) is 63.3 Å². The fourth-order valence-corrected chi connectivity index (χ4v) is 4.49. The lowest BCUT2D eigenvalue weighted by Gasteiger charge is -2.21. The van der Waals surface area contributed by atoms with Gasteiger partial charge in [0.15, 0.2) is 5.13 Å². The van der Waals surface area contributed by atoms with E-state index in [2.05, 4.69) is 30.9 Å². The van der Waals surface area contributed by atoms with Crippen LogP contribution in [-0.2, 0) is 0 Å². The van der Waals surface area contributed by atoms with E-state index in [-0.39, 0.29) is 18.3 Å². The number of thiophene rings is 1. The lowest BCUT2D eigenvalue weighted by atomic mass is 10.1. The molecule has 4 nitrogen and oxygen atoms in total. The number of hydrogen-bond acceptors (Lipinski definition) is 5. The summed E-state index contributed by atoms with van der Waals surface area (Å²) >= 11 is 8.87. The summed E-state index contributed by atoms with van der Waals surface area (Å²) in [4.78, 5) is 22.2. The molecule has 0 N–H and O–H groups in total. The van der Waals surface area contributed by atoms with Gasteiger partial charge in [0.25, 0.3) is 5.91 Å². The van der Waals surface area contributed by atoms with Gasteiger partial charge in [0.2, 0.25) is 0 Å². The number of benzene rings is 1.